The van der Waals surface area contributed by atoms with Crippen LogP contribution in [0.4, 0.5) is 0 Å². The minimum Gasteiger partial charge on any atom is -0.456 e. The maximum absolute atomic E-state index is 12.4. The first-order chi connectivity index (χ1) is 18.2. The summed E-state index contributed by atoms with van der Waals surface area (Å²) in [6, 6.07) is 6.87. The molecule has 0 unspecified atom stereocenters. The first-order valence-corrected chi connectivity index (χ1v) is 12.9. The summed E-state index contributed by atoms with van der Waals surface area (Å²) < 4.78 is 27.2. The Balaban J connectivity index is 1.36. The number of carbonyl (C=O) groups excluding carboxylic acids is 5. The van der Waals surface area contributed by atoms with Gasteiger partial charge in [0, 0.05) is 33.9 Å². The van der Waals surface area contributed by atoms with E-state index in [4.69, 9.17) is 23.7 Å². The van der Waals surface area contributed by atoms with E-state index in [1.165, 1.54) is 25.7 Å². The predicted octanol–water partition coefficient (Wildman–Crippen LogP) is 2.79. The Kier molecular flexibility index (Phi) is 10.8. The third-order valence-corrected chi connectivity index (χ3v) is 6.24. The Hall–Kier alpha value is -3.31. The summed E-state index contributed by atoms with van der Waals surface area (Å²) in [7, 11) is 0. The van der Waals surface area contributed by atoms with Crippen LogP contribution in [0.25, 0.3) is 0 Å². The van der Waals surface area contributed by atoms with Gasteiger partial charge in [-0.2, -0.15) is 0 Å². The number of imide groups is 1. The van der Waals surface area contributed by atoms with Crippen LogP contribution in [0.3, 0.4) is 0 Å². The molecule has 0 aliphatic carbocycles. The lowest BCUT2D eigenvalue weighted by Crippen LogP contribution is -2.58. The van der Waals surface area contributed by atoms with Gasteiger partial charge in [0.25, 0.3) is 11.8 Å². The van der Waals surface area contributed by atoms with Crippen LogP contribution in [0, 0.1) is 0 Å². The molecule has 2 aliphatic heterocycles. The zero-order chi connectivity index (χ0) is 27.7. The highest BCUT2D eigenvalue weighted by atomic mass is 16.7. The highest BCUT2D eigenvalue weighted by Gasteiger charge is 2.47. The van der Waals surface area contributed by atoms with Crippen molar-refractivity contribution < 1.29 is 47.7 Å². The van der Waals surface area contributed by atoms with Crippen molar-refractivity contribution in [2.45, 2.75) is 83.9 Å². The van der Waals surface area contributed by atoms with Gasteiger partial charge in [-0.15, -0.1) is 0 Å². The maximum Gasteiger partial charge on any atom is 0.303 e. The molecule has 11 heteroatoms. The van der Waals surface area contributed by atoms with Crippen LogP contribution in [-0.2, 0) is 38.1 Å². The first-order valence-electron chi connectivity index (χ1n) is 12.9. The van der Waals surface area contributed by atoms with E-state index in [2.05, 4.69) is 0 Å². The summed E-state index contributed by atoms with van der Waals surface area (Å²) in [4.78, 5) is 60.9. The molecule has 208 valence electrons. The Morgan fingerprint density at radius 1 is 0.789 bits per heavy atom. The largest absolute Gasteiger partial charge is 0.456 e. The number of rotatable bonds is 13. The Morgan fingerprint density at radius 2 is 1.32 bits per heavy atom. The van der Waals surface area contributed by atoms with Gasteiger partial charge in [-0.3, -0.25) is 28.9 Å². The van der Waals surface area contributed by atoms with Gasteiger partial charge in [-0.05, 0) is 25.0 Å². The van der Waals surface area contributed by atoms with Crippen LogP contribution in [-0.4, -0.2) is 79.0 Å². The van der Waals surface area contributed by atoms with Crippen molar-refractivity contribution in [1.82, 2.24) is 4.90 Å². The molecule has 3 rings (SSSR count). The number of esters is 3. The second kappa shape index (κ2) is 14.0. The average Bonchev–Trinajstić information content (AvgIpc) is 3.10. The molecule has 0 bridgehead atoms. The summed E-state index contributed by atoms with van der Waals surface area (Å²) in [5.41, 5.74) is 0.938. The fourth-order valence-corrected chi connectivity index (χ4v) is 4.57. The number of nitrogens with zero attached hydrogens (tertiary/aromatic N) is 1. The van der Waals surface area contributed by atoms with E-state index in [0.717, 1.165) is 38.5 Å². The van der Waals surface area contributed by atoms with E-state index in [1.54, 1.807) is 24.3 Å². The van der Waals surface area contributed by atoms with Crippen molar-refractivity contribution in [2.75, 3.05) is 19.8 Å². The SMILES string of the molecule is CC(=O)O[C@@H]1[C@@H](OC(C)=O)[C@@H](OCCCCCCCCN2C(=O)c3ccccc3C2=O)OC[C@H]1OC(C)=O. The fourth-order valence-electron chi connectivity index (χ4n) is 4.57. The second-order valence-electron chi connectivity index (χ2n) is 9.30. The average molecular weight is 534 g/mol. The molecule has 0 N–H and O–H groups in total. The molecule has 11 nitrogen and oxygen atoms in total. The van der Waals surface area contributed by atoms with E-state index in [1.807, 2.05) is 0 Å². The van der Waals surface area contributed by atoms with Crippen molar-refractivity contribution in [3.8, 4) is 0 Å². The van der Waals surface area contributed by atoms with Crippen molar-refractivity contribution in [2.24, 2.45) is 0 Å². The molecular weight excluding hydrogens is 498 g/mol. The van der Waals surface area contributed by atoms with Gasteiger partial charge >= 0.3 is 17.9 Å². The van der Waals surface area contributed by atoms with E-state index in [-0.39, 0.29) is 18.4 Å². The number of hydrogen-bond donors (Lipinski definition) is 0. The van der Waals surface area contributed by atoms with Crippen LogP contribution >= 0.6 is 0 Å². The lowest BCUT2D eigenvalue weighted by Gasteiger charge is -2.40. The lowest BCUT2D eigenvalue weighted by molar-refractivity contribution is -0.281. The van der Waals surface area contributed by atoms with Crippen LogP contribution in [0.2, 0.25) is 0 Å². The number of hydrogen-bond acceptors (Lipinski definition) is 10. The van der Waals surface area contributed by atoms with E-state index >= 15 is 0 Å². The predicted molar refractivity (Wildman–Crippen MR) is 132 cm³/mol. The molecule has 38 heavy (non-hydrogen) atoms. The number of benzene rings is 1. The molecule has 2 heterocycles. The maximum atomic E-state index is 12.4. The summed E-state index contributed by atoms with van der Waals surface area (Å²) in [6.45, 7) is 4.30. The molecule has 0 aromatic heterocycles. The molecule has 1 fully saturated rings. The van der Waals surface area contributed by atoms with Crippen LogP contribution in [0.1, 0.15) is 80.0 Å². The van der Waals surface area contributed by atoms with Crippen molar-refractivity contribution in [1.29, 1.82) is 0 Å². The number of fused-ring (bicyclic) bond motifs is 1. The monoisotopic (exact) mass is 533 g/mol. The Bertz CT molecular complexity index is 990. The van der Waals surface area contributed by atoms with Gasteiger partial charge < -0.3 is 23.7 Å². The fraction of sp³-hybridized carbons (Fsp3) is 0.593. The molecule has 0 spiro atoms. The van der Waals surface area contributed by atoms with E-state index in [9.17, 15) is 24.0 Å². The summed E-state index contributed by atoms with van der Waals surface area (Å²) in [5.74, 6) is -2.27. The summed E-state index contributed by atoms with van der Waals surface area (Å²) >= 11 is 0. The minimum absolute atomic E-state index is 0.0763. The quantitative estimate of drug-likeness (QED) is 0.161. The third-order valence-electron chi connectivity index (χ3n) is 6.24. The van der Waals surface area contributed by atoms with Crippen molar-refractivity contribution in [3.05, 3.63) is 35.4 Å². The van der Waals surface area contributed by atoms with Gasteiger partial charge in [0.2, 0.25) is 0 Å². The zero-order valence-electron chi connectivity index (χ0n) is 22.0. The van der Waals surface area contributed by atoms with Crippen LogP contribution in [0.5, 0.6) is 0 Å². The van der Waals surface area contributed by atoms with Gasteiger partial charge in [-0.25, -0.2) is 0 Å². The number of unbranched alkanes of at least 4 members (excludes halogenated alkanes) is 5. The standard InChI is InChI=1S/C27H35NO10/c1-17(29)36-22-16-35-27(24(38-19(3)31)23(22)37-18(2)30)34-15-11-7-5-4-6-10-14-28-25(32)20-12-8-9-13-21(20)26(28)33/h8-9,12-13,22-24,27H,4-7,10-11,14-16H2,1-3H3/t22-,23+,24-,27+/m1/s1. The Morgan fingerprint density at radius 3 is 1.89 bits per heavy atom. The normalized spacial score (nSPS) is 22.7. The van der Waals surface area contributed by atoms with Crippen LogP contribution < -0.4 is 0 Å². The van der Waals surface area contributed by atoms with Crippen molar-refractivity contribution in [3.63, 3.8) is 0 Å². The van der Waals surface area contributed by atoms with Crippen molar-refractivity contribution >= 4 is 29.7 Å². The summed E-state index contributed by atoms with van der Waals surface area (Å²) in [6.07, 6.45) is 1.05. The second-order valence-corrected chi connectivity index (χ2v) is 9.30. The summed E-state index contributed by atoms with van der Waals surface area (Å²) in [5, 5.41) is 0. The van der Waals surface area contributed by atoms with E-state index in [0.29, 0.717) is 24.3 Å². The molecule has 1 aromatic rings. The number of amides is 2. The number of ether oxygens (including phenoxy) is 5. The molecule has 0 radical (unpaired) electrons. The van der Waals surface area contributed by atoms with Gasteiger partial charge in [0.05, 0.1) is 17.7 Å². The van der Waals surface area contributed by atoms with E-state index < -0.39 is 42.5 Å². The smallest absolute Gasteiger partial charge is 0.303 e. The highest BCUT2D eigenvalue weighted by molar-refractivity contribution is 6.21. The molecule has 1 saturated heterocycles. The molecule has 2 amide bonds. The highest BCUT2D eigenvalue weighted by Crippen LogP contribution is 2.26. The molecular formula is C27H35NO10. The molecule has 1 aromatic carbocycles. The topological polar surface area (TPSA) is 135 Å². The van der Waals surface area contributed by atoms with Gasteiger partial charge in [0.1, 0.15) is 0 Å². The zero-order valence-corrected chi connectivity index (χ0v) is 22.0. The number of carbonyl (C=O) groups is 5. The lowest BCUT2D eigenvalue weighted by atomic mass is 10.0. The third kappa shape index (κ3) is 7.84. The Labute approximate surface area is 221 Å². The van der Waals surface area contributed by atoms with Gasteiger partial charge in [0.15, 0.2) is 24.6 Å². The molecule has 4 atom stereocenters. The molecule has 2 aliphatic rings. The van der Waals surface area contributed by atoms with Gasteiger partial charge in [-0.1, -0.05) is 37.8 Å². The van der Waals surface area contributed by atoms with Crippen LogP contribution in [0.15, 0.2) is 24.3 Å². The minimum atomic E-state index is -1.09. The molecule has 0 saturated carbocycles. The first kappa shape index (κ1) is 29.2.